The number of aliphatic hydroxyl groups excluding tert-OH is 1. The monoisotopic (exact) mass is 284 g/mol. The minimum Gasteiger partial charge on any atom is -0.508 e. The lowest BCUT2D eigenvalue weighted by molar-refractivity contribution is -0.121. The summed E-state index contributed by atoms with van der Waals surface area (Å²) in [5.41, 5.74) is -0.832. The molecule has 21 heavy (non-hydrogen) atoms. The van der Waals surface area contributed by atoms with Gasteiger partial charge in [0.15, 0.2) is 11.1 Å². The molecule has 0 aromatic rings. The lowest BCUT2D eigenvalue weighted by Crippen LogP contribution is -2.41. The molecule has 0 amide bonds. The maximum Gasteiger partial charge on any atom is 0.201 e. The molecule has 0 radical (unpaired) electrons. The van der Waals surface area contributed by atoms with Crippen molar-refractivity contribution in [3.63, 3.8) is 0 Å². The Labute approximate surface area is 121 Å². The molecule has 2 N–H and O–H groups in total. The summed E-state index contributed by atoms with van der Waals surface area (Å²) in [6, 6.07) is 3.29. The number of allylic oxidation sites excluding steroid dienone is 1. The number of nitriles is 3. The van der Waals surface area contributed by atoms with E-state index < -0.39 is 34.8 Å². The van der Waals surface area contributed by atoms with Gasteiger partial charge in [0.05, 0.1) is 12.1 Å². The zero-order chi connectivity index (χ0) is 16.2. The van der Waals surface area contributed by atoms with Crippen LogP contribution in [0.15, 0.2) is 16.9 Å². The quantitative estimate of drug-likeness (QED) is 0.322. The van der Waals surface area contributed by atoms with Gasteiger partial charge in [-0.3, -0.25) is 10.2 Å². The first-order valence-electron chi connectivity index (χ1n) is 5.85. The summed E-state index contributed by atoms with van der Waals surface area (Å²) in [7, 11) is 3.16. The van der Waals surface area contributed by atoms with Crippen LogP contribution in [-0.4, -0.2) is 53.0 Å². The Morgan fingerprint density at radius 2 is 1.67 bits per heavy atom. The SMILES string of the molecule is CN1C(C(=O)C(=C=N)C#N)CC(C(O)=C(C#N)C#N)N1C. The van der Waals surface area contributed by atoms with Crippen molar-refractivity contribution in [1.82, 2.24) is 10.0 Å². The number of hydrogen-bond acceptors (Lipinski definition) is 8. The van der Waals surface area contributed by atoms with Gasteiger partial charge < -0.3 is 5.11 Å². The Bertz CT molecular complexity index is 652. The van der Waals surface area contributed by atoms with Crippen molar-refractivity contribution in [2.24, 2.45) is 0 Å². The minimum atomic E-state index is -0.770. The van der Waals surface area contributed by atoms with Gasteiger partial charge in [-0.05, 0) is 6.42 Å². The van der Waals surface area contributed by atoms with E-state index in [1.54, 1.807) is 38.2 Å². The minimum absolute atomic E-state index is 0.0946. The second-order valence-electron chi connectivity index (χ2n) is 4.37. The molecular formula is C13H12N6O2. The number of nitrogens with one attached hydrogen (secondary N) is 1. The maximum absolute atomic E-state index is 12.1. The van der Waals surface area contributed by atoms with E-state index in [4.69, 9.17) is 21.2 Å². The van der Waals surface area contributed by atoms with Gasteiger partial charge in [0, 0.05) is 20.0 Å². The number of Topliss-reactive ketones (excluding diaryl/α,β-unsaturated/α-hetero) is 1. The van der Waals surface area contributed by atoms with Crippen molar-refractivity contribution in [1.29, 1.82) is 21.2 Å². The Morgan fingerprint density at radius 3 is 2.10 bits per heavy atom. The van der Waals surface area contributed by atoms with E-state index in [-0.39, 0.29) is 6.42 Å². The highest BCUT2D eigenvalue weighted by Crippen LogP contribution is 2.28. The van der Waals surface area contributed by atoms with Crippen molar-refractivity contribution in [3.05, 3.63) is 16.9 Å². The largest absolute Gasteiger partial charge is 0.508 e. The Morgan fingerprint density at radius 1 is 1.14 bits per heavy atom. The molecule has 1 rings (SSSR count). The summed E-state index contributed by atoms with van der Waals surface area (Å²) in [4.78, 5) is 12.1. The number of ketones is 1. The van der Waals surface area contributed by atoms with Gasteiger partial charge in [0.1, 0.15) is 24.0 Å². The number of carbonyl (C=O) groups excluding carboxylic acids is 1. The van der Waals surface area contributed by atoms with Gasteiger partial charge in [-0.25, -0.2) is 10.0 Å². The highest BCUT2D eigenvalue weighted by Gasteiger charge is 2.42. The van der Waals surface area contributed by atoms with Gasteiger partial charge in [-0.15, -0.1) is 0 Å². The zero-order valence-electron chi connectivity index (χ0n) is 11.5. The number of aliphatic hydroxyl groups is 1. The lowest BCUT2D eigenvalue weighted by Gasteiger charge is -2.26. The summed E-state index contributed by atoms with van der Waals surface area (Å²) in [6.07, 6.45) is 0.0946. The summed E-state index contributed by atoms with van der Waals surface area (Å²) >= 11 is 0. The molecule has 0 bridgehead atoms. The fraction of sp³-hybridized carbons (Fsp3) is 0.385. The molecule has 2 unspecified atom stereocenters. The average Bonchev–Trinajstić information content (AvgIpc) is 2.77. The van der Waals surface area contributed by atoms with E-state index in [0.717, 1.165) is 0 Å². The molecule has 2 atom stereocenters. The van der Waals surface area contributed by atoms with Crippen molar-refractivity contribution in [2.45, 2.75) is 18.5 Å². The highest BCUT2D eigenvalue weighted by molar-refractivity contribution is 6.09. The number of likely N-dealkylation sites (N-methyl/N-ethyl adjacent to an activating group) is 2. The highest BCUT2D eigenvalue weighted by atomic mass is 16.3. The predicted octanol–water partition coefficient (Wildman–Crippen LogP) is 0.0327. The first kappa shape index (κ1) is 16.1. The number of rotatable bonds is 3. The smallest absolute Gasteiger partial charge is 0.201 e. The van der Waals surface area contributed by atoms with E-state index in [1.807, 2.05) is 0 Å². The number of hydrogen-bond donors (Lipinski definition) is 2. The fourth-order valence-corrected chi connectivity index (χ4v) is 2.14. The van der Waals surface area contributed by atoms with Crippen LogP contribution in [-0.2, 0) is 4.79 Å². The van der Waals surface area contributed by atoms with Crippen molar-refractivity contribution in [3.8, 4) is 18.2 Å². The van der Waals surface area contributed by atoms with Crippen LogP contribution in [0.5, 0.6) is 0 Å². The number of nitrogens with zero attached hydrogens (tertiary/aromatic N) is 5. The van der Waals surface area contributed by atoms with Gasteiger partial charge in [-0.2, -0.15) is 15.8 Å². The molecule has 0 aromatic heterocycles. The Balaban J connectivity index is 3.15. The van der Waals surface area contributed by atoms with Crippen LogP contribution in [0.1, 0.15) is 6.42 Å². The van der Waals surface area contributed by atoms with Crippen molar-refractivity contribution < 1.29 is 9.90 Å². The molecule has 8 heteroatoms. The molecule has 1 fully saturated rings. The molecule has 1 heterocycles. The van der Waals surface area contributed by atoms with Crippen LogP contribution in [0.25, 0.3) is 0 Å². The normalized spacial score (nSPS) is 21.5. The molecule has 0 aromatic carbocycles. The van der Waals surface area contributed by atoms with Crippen molar-refractivity contribution in [2.75, 3.05) is 14.1 Å². The van der Waals surface area contributed by atoms with Crippen LogP contribution in [0.2, 0.25) is 0 Å². The Hall–Kier alpha value is -2.95. The molecule has 8 nitrogen and oxygen atoms in total. The molecule has 1 saturated heterocycles. The second kappa shape index (κ2) is 6.47. The van der Waals surface area contributed by atoms with E-state index in [0.29, 0.717) is 0 Å². The standard InChI is InChI=1S/C13H12N6O2/c1-18-10(12(20)8(4-14)5-15)3-11(19(18)2)13(21)9(6-16)7-17/h10-11,14,21H,3H2,1-2H3. The number of hydrazine groups is 1. The summed E-state index contributed by atoms with van der Waals surface area (Å²) in [6.45, 7) is 0. The second-order valence-corrected chi connectivity index (χ2v) is 4.37. The zero-order valence-corrected chi connectivity index (χ0v) is 11.5. The summed E-state index contributed by atoms with van der Waals surface area (Å²) < 4.78 is 0. The summed E-state index contributed by atoms with van der Waals surface area (Å²) in [5.74, 6) is 0.780. The van der Waals surface area contributed by atoms with Crippen LogP contribution in [0.3, 0.4) is 0 Å². The van der Waals surface area contributed by atoms with E-state index in [1.165, 1.54) is 10.0 Å². The van der Waals surface area contributed by atoms with E-state index >= 15 is 0 Å². The predicted molar refractivity (Wildman–Crippen MR) is 70.5 cm³/mol. The van der Waals surface area contributed by atoms with E-state index in [2.05, 4.69) is 0 Å². The Kier molecular flexibility index (Phi) is 4.96. The third kappa shape index (κ3) is 2.81. The molecule has 1 aliphatic heterocycles. The fourth-order valence-electron chi connectivity index (χ4n) is 2.14. The third-order valence-electron chi connectivity index (χ3n) is 3.43. The molecule has 0 aliphatic carbocycles. The first-order valence-corrected chi connectivity index (χ1v) is 5.85. The molecule has 1 aliphatic rings. The number of carbonyl (C=O) groups is 1. The van der Waals surface area contributed by atoms with E-state index in [9.17, 15) is 9.90 Å². The van der Waals surface area contributed by atoms with Gasteiger partial charge in [0.2, 0.25) is 5.78 Å². The maximum atomic E-state index is 12.1. The summed E-state index contributed by atoms with van der Waals surface area (Å²) in [5, 5.41) is 46.2. The molecule has 0 spiro atoms. The lowest BCUT2D eigenvalue weighted by atomic mass is 9.99. The topological polar surface area (TPSA) is 139 Å². The van der Waals surface area contributed by atoms with Crippen LogP contribution < -0.4 is 0 Å². The molecular weight excluding hydrogens is 272 g/mol. The van der Waals surface area contributed by atoms with Crippen molar-refractivity contribution >= 4 is 11.7 Å². The van der Waals surface area contributed by atoms with Gasteiger partial charge >= 0.3 is 0 Å². The van der Waals surface area contributed by atoms with Crippen LogP contribution in [0.4, 0.5) is 0 Å². The molecule has 106 valence electrons. The third-order valence-corrected chi connectivity index (χ3v) is 3.43. The van der Waals surface area contributed by atoms with Gasteiger partial charge in [-0.1, -0.05) is 0 Å². The van der Waals surface area contributed by atoms with Crippen LogP contribution >= 0.6 is 0 Å². The average molecular weight is 284 g/mol. The first-order chi connectivity index (χ1) is 9.92. The van der Waals surface area contributed by atoms with Gasteiger partial charge in [0.25, 0.3) is 0 Å². The molecule has 0 saturated carbocycles. The van der Waals surface area contributed by atoms with Crippen LogP contribution in [0, 0.1) is 39.4 Å².